The Bertz CT molecular complexity index is 1170. The topological polar surface area (TPSA) is 53.8 Å². The van der Waals surface area contributed by atoms with Gasteiger partial charge in [0.1, 0.15) is 5.58 Å². The van der Waals surface area contributed by atoms with E-state index >= 15 is 0 Å². The molecule has 6 heteroatoms. The molecule has 1 amide bonds. The van der Waals surface area contributed by atoms with E-state index < -0.39 is 6.04 Å². The first-order valence-electron chi connectivity index (χ1n) is 9.57. The van der Waals surface area contributed by atoms with Crippen LogP contribution in [0.3, 0.4) is 0 Å². The minimum Gasteiger partial charge on any atom is -0.450 e. The second kappa shape index (κ2) is 7.43. The maximum Gasteiger partial charge on any atom is 0.290 e. The second-order valence-electron chi connectivity index (χ2n) is 7.86. The standard InChI is InChI=1S/C23H23BrN2O3/c1-13-11-17-18(12-14(13)2)29-22-19(21(17)27)20(15-5-7-16(24)8-6-15)26(23(22)28)10-9-25(3)4/h5-8,11-12,20H,9-10H2,1-4H3/t20-/m1/s1. The highest BCUT2D eigenvalue weighted by atomic mass is 79.9. The van der Waals surface area contributed by atoms with E-state index in [2.05, 4.69) is 15.9 Å². The predicted molar refractivity (Wildman–Crippen MR) is 118 cm³/mol. The minimum atomic E-state index is -0.451. The van der Waals surface area contributed by atoms with E-state index in [0.717, 1.165) is 21.2 Å². The molecule has 2 heterocycles. The summed E-state index contributed by atoms with van der Waals surface area (Å²) in [6.45, 7) is 5.14. The number of amides is 1. The summed E-state index contributed by atoms with van der Waals surface area (Å²) in [5, 5.41) is 0.524. The molecular weight excluding hydrogens is 432 g/mol. The Labute approximate surface area is 178 Å². The number of hydrogen-bond donors (Lipinski definition) is 0. The van der Waals surface area contributed by atoms with Gasteiger partial charge in [-0.15, -0.1) is 0 Å². The summed E-state index contributed by atoms with van der Waals surface area (Å²) in [5.74, 6) is -0.0653. The lowest BCUT2D eigenvalue weighted by Crippen LogP contribution is -2.35. The van der Waals surface area contributed by atoms with E-state index in [-0.39, 0.29) is 17.1 Å². The van der Waals surface area contributed by atoms with Crippen molar-refractivity contribution in [1.82, 2.24) is 9.80 Å². The smallest absolute Gasteiger partial charge is 0.290 e. The lowest BCUT2D eigenvalue weighted by atomic mass is 9.97. The summed E-state index contributed by atoms with van der Waals surface area (Å²) in [6, 6.07) is 11.0. The number of fused-ring (bicyclic) bond motifs is 2. The van der Waals surface area contributed by atoms with Crippen LogP contribution in [0.15, 0.2) is 50.1 Å². The zero-order valence-corrected chi connectivity index (χ0v) is 18.5. The maximum absolute atomic E-state index is 13.5. The number of carbonyl (C=O) groups excluding carboxylic acids is 1. The summed E-state index contributed by atoms with van der Waals surface area (Å²) in [5.41, 5.74) is 3.73. The molecule has 1 aromatic heterocycles. The fourth-order valence-electron chi connectivity index (χ4n) is 3.81. The molecule has 1 aliphatic heterocycles. The summed E-state index contributed by atoms with van der Waals surface area (Å²) in [4.78, 5) is 30.5. The molecule has 150 valence electrons. The van der Waals surface area contributed by atoms with Crippen molar-refractivity contribution < 1.29 is 9.21 Å². The van der Waals surface area contributed by atoms with Gasteiger partial charge in [0.2, 0.25) is 5.76 Å². The Morgan fingerprint density at radius 1 is 1.07 bits per heavy atom. The van der Waals surface area contributed by atoms with Gasteiger partial charge in [0, 0.05) is 17.6 Å². The summed E-state index contributed by atoms with van der Waals surface area (Å²) < 4.78 is 6.98. The molecule has 0 fully saturated rings. The zero-order chi connectivity index (χ0) is 20.9. The van der Waals surface area contributed by atoms with Crippen LogP contribution in [-0.2, 0) is 0 Å². The van der Waals surface area contributed by atoms with Gasteiger partial charge in [-0.1, -0.05) is 28.1 Å². The lowest BCUT2D eigenvalue weighted by molar-refractivity contribution is 0.0716. The Kier molecular flexibility index (Phi) is 5.09. The number of likely N-dealkylation sites (N-methyl/N-ethyl adjacent to an activating group) is 1. The van der Waals surface area contributed by atoms with Crippen LogP contribution >= 0.6 is 15.9 Å². The minimum absolute atomic E-state index is 0.127. The van der Waals surface area contributed by atoms with Crippen LogP contribution in [0.2, 0.25) is 0 Å². The first kappa shape index (κ1) is 19.9. The molecule has 0 spiro atoms. The molecular formula is C23H23BrN2O3. The largest absolute Gasteiger partial charge is 0.450 e. The zero-order valence-electron chi connectivity index (χ0n) is 17.0. The predicted octanol–water partition coefficient (Wildman–Crippen LogP) is 4.28. The average molecular weight is 455 g/mol. The number of carbonyl (C=O) groups is 1. The lowest BCUT2D eigenvalue weighted by Gasteiger charge is -2.26. The first-order chi connectivity index (χ1) is 13.8. The molecule has 0 unspecified atom stereocenters. The number of hydrogen-bond acceptors (Lipinski definition) is 4. The third-order valence-electron chi connectivity index (χ3n) is 5.56. The number of rotatable bonds is 4. The van der Waals surface area contributed by atoms with Crippen LogP contribution in [0.4, 0.5) is 0 Å². The molecule has 0 aliphatic carbocycles. The van der Waals surface area contributed by atoms with Crippen molar-refractivity contribution in [3.8, 4) is 0 Å². The fraction of sp³-hybridized carbons (Fsp3) is 0.304. The van der Waals surface area contributed by atoms with Crippen molar-refractivity contribution in [2.45, 2.75) is 19.9 Å². The van der Waals surface area contributed by atoms with Crippen LogP contribution in [0.5, 0.6) is 0 Å². The van der Waals surface area contributed by atoms with E-state index in [4.69, 9.17) is 4.42 Å². The number of aryl methyl sites for hydroxylation is 2. The number of nitrogens with zero attached hydrogens (tertiary/aromatic N) is 2. The van der Waals surface area contributed by atoms with Crippen molar-refractivity contribution in [3.05, 3.63) is 79.1 Å². The normalized spacial score (nSPS) is 16.1. The van der Waals surface area contributed by atoms with Gasteiger partial charge in [-0.2, -0.15) is 0 Å². The molecule has 5 nitrogen and oxygen atoms in total. The van der Waals surface area contributed by atoms with Crippen molar-refractivity contribution in [1.29, 1.82) is 0 Å². The van der Waals surface area contributed by atoms with Gasteiger partial charge in [-0.05, 0) is 68.9 Å². The molecule has 0 bridgehead atoms. The Morgan fingerprint density at radius 3 is 2.38 bits per heavy atom. The Hall–Kier alpha value is -2.44. The van der Waals surface area contributed by atoms with E-state index in [0.29, 0.717) is 29.6 Å². The second-order valence-corrected chi connectivity index (χ2v) is 8.78. The molecule has 1 aliphatic rings. The SMILES string of the molecule is Cc1cc2oc3c(c(=O)c2cc1C)[C@@H](c1ccc(Br)cc1)N(CCN(C)C)C3=O. The summed E-state index contributed by atoms with van der Waals surface area (Å²) >= 11 is 3.46. The van der Waals surface area contributed by atoms with Crippen molar-refractivity contribution in [2.24, 2.45) is 0 Å². The van der Waals surface area contributed by atoms with Gasteiger partial charge < -0.3 is 14.2 Å². The molecule has 2 aromatic carbocycles. The van der Waals surface area contributed by atoms with Gasteiger partial charge in [0.25, 0.3) is 5.91 Å². The van der Waals surface area contributed by atoms with E-state index in [1.807, 2.05) is 69.2 Å². The van der Waals surface area contributed by atoms with Crippen LogP contribution in [0.25, 0.3) is 11.0 Å². The molecule has 1 atom stereocenters. The molecule has 0 saturated carbocycles. The van der Waals surface area contributed by atoms with Crippen LogP contribution in [0.1, 0.15) is 38.9 Å². The van der Waals surface area contributed by atoms with Crippen LogP contribution in [0, 0.1) is 13.8 Å². The fourth-order valence-corrected chi connectivity index (χ4v) is 4.07. The van der Waals surface area contributed by atoms with Crippen molar-refractivity contribution >= 4 is 32.8 Å². The Morgan fingerprint density at radius 2 is 1.72 bits per heavy atom. The van der Waals surface area contributed by atoms with Gasteiger partial charge in [0.15, 0.2) is 5.43 Å². The Balaban J connectivity index is 1.96. The molecule has 3 aromatic rings. The van der Waals surface area contributed by atoms with E-state index in [1.54, 1.807) is 4.90 Å². The van der Waals surface area contributed by atoms with Crippen molar-refractivity contribution in [3.63, 3.8) is 0 Å². The number of benzene rings is 2. The quantitative estimate of drug-likeness (QED) is 0.590. The van der Waals surface area contributed by atoms with Crippen LogP contribution < -0.4 is 5.43 Å². The summed E-state index contributed by atoms with van der Waals surface area (Å²) in [7, 11) is 3.93. The molecule has 4 rings (SSSR count). The summed E-state index contributed by atoms with van der Waals surface area (Å²) in [6.07, 6.45) is 0. The van der Waals surface area contributed by atoms with Crippen molar-refractivity contribution in [2.75, 3.05) is 27.2 Å². The molecule has 0 saturated heterocycles. The molecule has 29 heavy (non-hydrogen) atoms. The monoisotopic (exact) mass is 454 g/mol. The van der Waals surface area contributed by atoms with Gasteiger partial charge in [-0.3, -0.25) is 9.59 Å². The highest BCUT2D eigenvalue weighted by Gasteiger charge is 2.42. The van der Waals surface area contributed by atoms with Gasteiger partial charge >= 0.3 is 0 Å². The number of halogens is 1. The van der Waals surface area contributed by atoms with Gasteiger partial charge in [0.05, 0.1) is 17.0 Å². The third-order valence-corrected chi connectivity index (χ3v) is 6.08. The van der Waals surface area contributed by atoms with Crippen LogP contribution in [-0.4, -0.2) is 42.9 Å². The van der Waals surface area contributed by atoms with E-state index in [9.17, 15) is 9.59 Å². The third kappa shape index (κ3) is 3.40. The van der Waals surface area contributed by atoms with Gasteiger partial charge in [-0.25, -0.2) is 0 Å². The highest BCUT2D eigenvalue weighted by Crippen LogP contribution is 2.38. The first-order valence-corrected chi connectivity index (χ1v) is 10.4. The maximum atomic E-state index is 13.5. The molecule has 0 radical (unpaired) electrons. The van der Waals surface area contributed by atoms with E-state index in [1.165, 1.54) is 0 Å². The average Bonchev–Trinajstić information content (AvgIpc) is 2.95. The highest BCUT2D eigenvalue weighted by molar-refractivity contribution is 9.10. The molecule has 0 N–H and O–H groups in total.